The van der Waals surface area contributed by atoms with Gasteiger partial charge in [-0.3, -0.25) is 4.98 Å². The summed E-state index contributed by atoms with van der Waals surface area (Å²) in [6.07, 6.45) is 7.00. The number of rotatable bonds is 6. The van der Waals surface area contributed by atoms with Gasteiger partial charge in [0.2, 0.25) is 10.0 Å². The van der Waals surface area contributed by atoms with E-state index in [0.717, 1.165) is 31.2 Å². The Bertz CT molecular complexity index is 496. The first kappa shape index (κ1) is 15.4. The maximum absolute atomic E-state index is 11.9. The Balaban J connectivity index is 1.74. The number of nitrogens with zero attached hydrogens (tertiary/aromatic N) is 1. The van der Waals surface area contributed by atoms with Gasteiger partial charge < -0.3 is 5.11 Å². The van der Waals surface area contributed by atoms with Gasteiger partial charge in [-0.05, 0) is 55.7 Å². The fourth-order valence-electron chi connectivity index (χ4n) is 2.47. The van der Waals surface area contributed by atoms with Gasteiger partial charge in [0.1, 0.15) is 0 Å². The maximum atomic E-state index is 11.9. The molecular formula is C14H22N2O3S. The molecule has 0 aromatic carbocycles. The zero-order valence-electron chi connectivity index (χ0n) is 11.5. The Morgan fingerprint density at radius 3 is 2.50 bits per heavy atom. The van der Waals surface area contributed by atoms with E-state index in [1.807, 2.05) is 12.1 Å². The lowest BCUT2D eigenvalue weighted by atomic mass is 9.88. The summed E-state index contributed by atoms with van der Waals surface area (Å²) in [4.78, 5) is 3.91. The van der Waals surface area contributed by atoms with Crippen molar-refractivity contribution in [3.05, 3.63) is 30.1 Å². The number of pyridine rings is 1. The smallest absolute Gasteiger partial charge is 0.211 e. The summed E-state index contributed by atoms with van der Waals surface area (Å²) in [5, 5.41) is 9.42. The van der Waals surface area contributed by atoms with Crippen LogP contribution in [0.25, 0.3) is 0 Å². The van der Waals surface area contributed by atoms with Gasteiger partial charge in [0.05, 0.1) is 11.9 Å². The molecule has 0 aliphatic heterocycles. The molecule has 0 atom stereocenters. The Labute approximate surface area is 120 Å². The molecule has 0 saturated heterocycles. The van der Waals surface area contributed by atoms with Gasteiger partial charge in [-0.2, -0.15) is 0 Å². The molecule has 0 bridgehead atoms. The van der Waals surface area contributed by atoms with E-state index in [1.54, 1.807) is 12.4 Å². The Morgan fingerprint density at radius 2 is 1.85 bits per heavy atom. The van der Waals surface area contributed by atoms with Gasteiger partial charge in [0.15, 0.2) is 0 Å². The van der Waals surface area contributed by atoms with E-state index < -0.39 is 10.0 Å². The van der Waals surface area contributed by atoms with Crippen LogP contribution in [-0.2, 0) is 16.4 Å². The SMILES string of the molecule is O=S(=O)(CCc1ccncc1)NCC1CCC(O)CC1. The first-order valence-electron chi connectivity index (χ1n) is 7.09. The normalized spacial score (nSPS) is 23.6. The molecular weight excluding hydrogens is 276 g/mol. The number of hydrogen-bond donors (Lipinski definition) is 2. The third-order valence-corrected chi connectivity index (χ3v) is 5.17. The van der Waals surface area contributed by atoms with Crippen LogP contribution in [0.2, 0.25) is 0 Å². The molecule has 6 heteroatoms. The minimum Gasteiger partial charge on any atom is -0.393 e. The van der Waals surface area contributed by atoms with Gasteiger partial charge in [-0.25, -0.2) is 13.1 Å². The molecule has 0 spiro atoms. The van der Waals surface area contributed by atoms with Gasteiger partial charge in [-0.1, -0.05) is 0 Å². The van der Waals surface area contributed by atoms with Crippen LogP contribution in [0.4, 0.5) is 0 Å². The molecule has 1 aromatic rings. The highest BCUT2D eigenvalue weighted by Crippen LogP contribution is 2.23. The zero-order chi connectivity index (χ0) is 14.4. The standard InChI is InChI=1S/C14H22N2O3S/c17-14-3-1-13(2-4-14)11-16-20(18,19)10-7-12-5-8-15-9-6-12/h5-6,8-9,13-14,16-17H,1-4,7,10-11H2. The molecule has 2 rings (SSSR count). The van der Waals surface area contributed by atoms with Crippen LogP contribution >= 0.6 is 0 Å². The van der Waals surface area contributed by atoms with Crippen molar-refractivity contribution in [1.29, 1.82) is 0 Å². The summed E-state index contributed by atoms with van der Waals surface area (Å²) in [5.41, 5.74) is 0.978. The van der Waals surface area contributed by atoms with Crippen molar-refractivity contribution in [1.82, 2.24) is 9.71 Å². The van der Waals surface area contributed by atoms with Crippen LogP contribution in [0.1, 0.15) is 31.2 Å². The van der Waals surface area contributed by atoms with Gasteiger partial charge in [0.25, 0.3) is 0 Å². The first-order chi connectivity index (χ1) is 9.55. The van der Waals surface area contributed by atoms with Crippen LogP contribution < -0.4 is 4.72 Å². The molecule has 1 heterocycles. The third kappa shape index (κ3) is 5.19. The Kier molecular flexibility index (Phi) is 5.51. The number of aryl methyl sites for hydroxylation is 1. The molecule has 5 nitrogen and oxygen atoms in total. The average molecular weight is 298 g/mol. The van der Waals surface area contributed by atoms with E-state index in [0.29, 0.717) is 18.9 Å². The van der Waals surface area contributed by atoms with Crippen molar-refractivity contribution in [3.63, 3.8) is 0 Å². The van der Waals surface area contributed by atoms with Crippen molar-refractivity contribution < 1.29 is 13.5 Å². The van der Waals surface area contributed by atoms with Crippen LogP contribution in [0.5, 0.6) is 0 Å². The Morgan fingerprint density at radius 1 is 1.20 bits per heavy atom. The fourth-order valence-corrected chi connectivity index (χ4v) is 3.61. The second-order valence-electron chi connectivity index (χ2n) is 5.45. The van der Waals surface area contributed by atoms with Crippen molar-refractivity contribution in [2.75, 3.05) is 12.3 Å². The van der Waals surface area contributed by atoms with Crippen LogP contribution in [0.3, 0.4) is 0 Å². The topological polar surface area (TPSA) is 79.3 Å². The van der Waals surface area contributed by atoms with Crippen molar-refractivity contribution in [2.24, 2.45) is 5.92 Å². The first-order valence-corrected chi connectivity index (χ1v) is 8.75. The molecule has 1 aromatic heterocycles. The van der Waals surface area contributed by atoms with Crippen LogP contribution in [-0.4, -0.2) is 36.9 Å². The maximum Gasteiger partial charge on any atom is 0.211 e. The molecule has 20 heavy (non-hydrogen) atoms. The van der Waals surface area contributed by atoms with Gasteiger partial charge >= 0.3 is 0 Å². The predicted molar refractivity (Wildman–Crippen MR) is 77.7 cm³/mol. The van der Waals surface area contributed by atoms with E-state index in [2.05, 4.69) is 9.71 Å². The van der Waals surface area contributed by atoms with Crippen molar-refractivity contribution >= 4 is 10.0 Å². The molecule has 112 valence electrons. The second kappa shape index (κ2) is 7.15. The number of aliphatic hydroxyl groups excluding tert-OH is 1. The molecule has 1 aliphatic rings. The van der Waals surface area contributed by atoms with E-state index in [4.69, 9.17) is 0 Å². The molecule has 1 fully saturated rings. The largest absolute Gasteiger partial charge is 0.393 e. The lowest BCUT2D eigenvalue weighted by molar-refractivity contribution is 0.109. The summed E-state index contributed by atoms with van der Waals surface area (Å²) in [6.45, 7) is 0.491. The van der Waals surface area contributed by atoms with Crippen LogP contribution in [0.15, 0.2) is 24.5 Å². The highest BCUT2D eigenvalue weighted by molar-refractivity contribution is 7.89. The number of sulfonamides is 1. The minimum atomic E-state index is -3.23. The van der Waals surface area contributed by atoms with Crippen molar-refractivity contribution in [2.45, 2.75) is 38.2 Å². The minimum absolute atomic E-state index is 0.104. The monoisotopic (exact) mass is 298 g/mol. The van der Waals surface area contributed by atoms with E-state index >= 15 is 0 Å². The fraction of sp³-hybridized carbons (Fsp3) is 0.643. The van der Waals surface area contributed by atoms with E-state index in [-0.39, 0.29) is 11.9 Å². The van der Waals surface area contributed by atoms with Gasteiger partial charge in [0, 0.05) is 18.9 Å². The predicted octanol–water partition coefficient (Wildman–Crippen LogP) is 1.09. The zero-order valence-corrected chi connectivity index (χ0v) is 12.3. The highest BCUT2D eigenvalue weighted by Gasteiger charge is 2.21. The quantitative estimate of drug-likeness (QED) is 0.824. The summed E-state index contributed by atoms with van der Waals surface area (Å²) in [5.74, 6) is 0.459. The number of aliphatic hydroxyl groups is 1. The molecule has 1 saturated carbocycles. The molecule has 0 unspecified atom stereocenters. The molecule has 0 amide bonds. The summed E-state index contributed by atoms with van der Waals surface area (Å²) < 4.78 is 26.6. The Hall–Kier alpha value is -0.980. The number of hydrogen-bond acceptors (Lipinski definition) is 4. The second-order valence-corrected chi connectivity index (χ2v) is 7.37. The van der Waals surface area contributed by atoms with Crippen molar-refractivity contribution in [3.8, 4) is 0 Å². The van der Waals surface area contributed by atoms with Gasteiger partial charge in [-0.15, -0.1) is 0 Å². The summed E-state index contributed by atoms with van der Waals surface area (Å²) in [7, 11) is -3.23. The number of aromatic nitrogens is 1. The summed E-state index contributed by atoms with van der Waals surface area (Å²) in [6, 6.07) is 3.66. The van der Waals surface area contributed by atoms with E-state index in [9.17, 15) is 13.5 Å². The third-order valence-electron chi connectivity index (χ3n) is 3.82. The summed E-state index contributed by atoms with van der Waals surface area (Å²) >= 11 is 0. The average Bonchev–Trinajstić information content (AvgIpc) is 2.46. The lowest BCUT2D eigenvalue weighted by Crippen LogP contribution is -2.34. The molecule has 2 N–H and O–H groups in total. The van der Waals surface area contributed by atoms with Crippen LogP contribution in [0, 0.1) is 5.92 Å². The molecule has 1 aliphatic carbocycles. The number of nitrogens with one attached hydrogen (secondary N) is 1. The van der Waals surface area contributed by atoms with E-state index in [1.165, 1.54) is 0 Å². The lowest BCUT2D eigenvalue weighted by Gasteiger charge is -2.25. The molecule has 0 radical (unpaired) electrons. The highest BCUT2D eigenvalue weighted by atomic mass is 32.2.